The smallest absolute Gasteiger partial charge is 0.223 e. The van der Waals surface area contributed by atoms with Gasteiger partial charge in [0.25, 0.3) is 0 Å². The maximum Gasteiger partial charge on any atom is 0.223 e. The van der Waals surface area contributed by atoms with Gasteiger partial charge < -0.3 is 5.32 Å². The van der Waals surface area contributed by atoms with E-state index < -0.39 is 0 Å². The highest BCUT2D eigenvalue weighted by Gasteiger charge is 2.45. The third-order valence-corrected chi connectivity index (χ3v) is 3.26. The summed E-state index contributed by atoms with van der Waals surface area (Å²) >= 11 is 0. The Morgan fingerprint density at radius 1 is 1.38 bits per heavy atom. The molecule has 2 bridgehead atoms. The Morgan fingerprint density at radius 3 is 2.46 bits per heavy atom. The Kier molecular flexibility index (Phi) is 1.90. The highest BCUT2D eigenvalue weighted by atomic mass is 16.2. The van der Waals surface area contributed by atoms with Crippen LogP contribution in [0.5, 0.6) is 0 Å². The summed E-state index contributed by atoms with van der Waals surface area (Å²) in [5.41, 5.74) is 0.282. The summed E-state index contributed by atoms with van der Waals surface area (Å²) in [7, 11) is 0. The molecule has 2 heteroatoms. The third-order valence-electron chi connectivity index (χ3n) is 3.26. The van der Waals surface area contributed by atoms with Crippen molar-refractivity contribution < 1.29 is 4.79 Å². The molecule has 3 aliphatic rings. The number of hydrogen-bond acceptors (Lipinski definition) is 1. The molecular weight excluding hydrogens is 162 g/mol. The minimum absolute atomic E-state index is 0.282. The molecule has 2 aliphatic heterocycles. The highest BCUT2D eigenvalue weighted by molar-refractivity contribution is 5.81. The second-order valence-electron chi connectivity index (χ2n) is 5.81. The molecule has 2 nitrogen and oxygen atoms in total. The van der Waals surface area contributed by atoms with E-state index in [2.05, 4.69) is 26.1 Å². The number of hydrogen-bond donors (Lipinski definition) is 1. The van der Waals surface area contributed by atoms with Gasteiger partial charge in [-0.3, -0.25) is 4.79 Å². The van der Waals surface area contributed by atoms with Gasteiger partial charge in [0, 0.05) is 12.0 Å². The summed E-state index contributed by atoms with van der Waals surface area (Å²) in [6, 6.07) is 0.522. The minimum atomic E-state index is 0.282. The predicted octanol–water partition coefficient (Wildman–Crippen LogP) is 1.95. The molecule has 0 aromatic rings. The molecule has 0 aromatic heterocycles. The molecule has 2 heterocycles. The van der Waals surface area contributed by atoms with Crippen LogP contribution in [0.3, 0.4) is 0 Å². The second-order valence-corrected chi connectivity index (χ2v) is 5.81. The maximum atomic E-state index is 11.6. The SMILES string of the molecule is CC(C)(C)CC1C(=O)NC2CC1C2. The Labute approximate surface area is 80.1 Å². The van der Waals surface area contributed by atoms with Crippen LogP contribution >= 0.6 is 0 Å². The number of rotatable bonds is 1. The fraction of sp³-hybridized carbons (Fsp3) is 0.909. The van der Waals surface area contributed by atoms with Gasteiger partial charge in [0.05, 0.1) is 0 Å². The first kappa shape index (κ1) is 9.04. The van der Waals surface area contributed by atoms with Crippen molar-refractivity contribution in [1.29, 1.82) is 0 Å². The number of amides is 1. The zero-order valence-corrected chi connectivity index (χ0v) is 8.76. The van der Waals surface area contributed by atoms with Gasteiger partial charge in [-0.2, -0.15) is 0 Å². The lowest BCUT2D eigenvalue weighted by molar-refractivity contribution is -0.137. The van der Waals surface area contributed by atoms with Crippen molar-refractivity contribution in [3.8, 4) is 0 Å². The zero-order valence-electron chi connectivity index (χ0n) is 8.76. The highest BCUT2D eigenvalue weighted by Crippen LogP contribution is 2.43. The first-order valence-electron chi connectivity index (χ1n) is 5.26. The number of carbonyl (C=O) groups is 1. The van der Waals surface area contributed by atoms with Crippen LogP contribution in [0.4, 0.5) is 0 Å². The van der Waals surface area contributed by atoms with Crippen LogP contribution in [0.1, 0.15) is 40.0 Å². The molecule has 13 heavy (non-hydrogen) atoms. The molecule has 0 radical (unpaired) electrons. The minimum Gasteiger partial charge on any atom is -0.353 e. The van der Waals surface area contributed by atoms with Crippen LogP contribution in [-0.4, -0.2) is 11.9 Å². The molecule has 0 spiro atoms. The molecule has 2 saturated heterocycles. The van der Waals surface area contributed by atoms with E-state index in [0.29, 0.717) is 23.8 Å². The van der Waals surface area contributed by atoms with Crippen molar-refractivity contribution in [2.45, 2.75) is 46.1 Å². The van der Waals surface area contributed by atoms with Crippen LogP contribution in [-0.2, 0) is 4.79 Å². The molecule has 3 fully saturated rings. The maximum absolute atomic E-state index is 11.6. The van der Waals surface area contributed by atoms with E-state index in [1.807, 2.05) is 0 Å². The molecule has 1 amide bonds. The van der Waals surface area contributed by atoms with Crippen molar-refractivity contribution in [2.75, 3.05) is 0 Å². The lowest BCUT2D eigenvalue weighted by atomic mass is 9.64. The fourth-order valence-electron chi connectivity index (χ4n) is 2.55. The average Bonchev–Trinajstić information content (AvgIpc) is 1.87. The van der Waals surface area contributed by atoms with E-state index >= 15 is 0 Å². The number of piperidine rings is 2. The number of carbonyl (C=O) groups excluding carboxylic acids is 1. The lowest BCUT2D eigenvalue weighted by Crippen LogP contribution is -2.57. The molecule has 1 atom stereocenters. The summed E-state index contributed by atoms with van der Waals surface area (Å²) < 4.78 is 0. The fourth-order valence-corrected chi connectivity index (χ4v) is 2.55. The van der Waals surface area contributed by atoms with Crippen LogP contribution in [0.15, 0.2) is 0 Å². The van der Waals surface area contributed by atoms with Crippen LogP contribution in [0.2, 0.25) is 0 Å². The van der Waals surface area contributed by atoms with Crippen molar-refractivity contribution >= 4 is 5.91 Å². The Morgan fingerprint density at radius 2 is 2.00 bits per heavy atom. The normalized spacial score (nSPS) is 38.1. The van der Waals surface area contributed by atoms with E-state index in [4.69, 9.17) is 0 Å². The topological polar surface area (TPSA) is 29.1 Å². The van der Waals surface area contributed by atoms with Crippen molar-refractivity contribution in [3.63, 3.8) is 0 Å². The van der Waals surface area contributed by atoms with Crippen molar-refractivity contribution in [3.05, 3.63) is 0 Å². The van der Waals surface area contributed by atoms with Gasteiger partial charge in [-0.05, 0) is 30.6 Å². The second kappa shape index (κ2) is 2.73. The van der Waals surface area contributed by atoms with Crippen LogP contribution in [0, 0.1) is 17.3 Å². The van der Waals surface area contributed by atoms with Gasteiger partial charge >= 0.3 is 0 Å². The Hall–Kier alpha value is -0.530. The molecule has 1 aliphatic carbocycles. The molecule has 1 N–H and O–H groups in total. The largest absolute Gasteiger partial charge is 0.353 e. The standard InChI is InChI=1S/C11H19NO/c1-11(2,3)6-9-7-4-8(5-7)12-10(9)13/h7-9H,4-6H2,1-3H3,(H,12,13). The van der Waals surface area contributed by atoms with Gasteiger partial charge in [-0.25, -0.2) is 0 Å². The first-order valence-corrected chi connectivity index (χ1v) is 5.26. The van der Waals surface area contributed by atoms with E-state index in [0.717, 1.165) is 6.42 Å². The molecule has 1 unspecified atom stereocenters. The zero-order chi connectivity index (χ0) is 9.64. The van der Waals surface area contributed by atoms with E-state index in [1.54, 1.807) is 0 Å². The van der Waals surface area contributed by atoms with Gasteiger partial charge in [-0.1, -0.05) is 20.8 Å². The Bertz CT molecular complexity index is 223. The lowest BCUT2D eigenvalue weighted by Gasteiger charge is -2.47. The number of nitrogens with one attached hydrogen (secondary N) is 1. The van der Waals surface area contributed by atoms with Gasteiger partial charge in [0.15, 0.2) is 0 Å². The average molecular weight is 181 g/mol. The van der Waals surface area contributed by atoms with Gasteiger partial charge in [0.1, 0.15) is 0 Å². The summed E-state index contributed by atoms with van der Waals surface area (Å²) in [6.45, 7) is 6.64. The molecule has 1 saturated carbocycles. The predicted molar refractivity (Wildman–Crippen MR) is 52.2 cm³/mol. The van der Waals surface area contributed by atoms with Crippen LogP contribution < -0.4 is 5.32 Å². The van der Waals surface area contributed by atoms with Crippen LogP contribution in [0.25, 0.3) is 0 Å². The van der Waals surface area contributed by atoms with Gasteiger partial charge in [-0.15, -0.1) is 0 Å². The van der Waals surface area contributed by atoms with E-state index in [1.165, 1.54) is 12.8 Å². The van der Waals surface area contributed by atoms with Crippen molar-refractivity contribution in [1.82, 2.24) is 5.32 Å². The summed E-state index contributed by atoms with van der Waals surface area (Å²) in [4.78, 5) is 11.6. The third kappa shape index (κ3) is 1.72. The van der Waals surface area contributed by atoms with Crippen molar-refractivity contribution in [2.24, 2.45) is 17.3 Å². The first-order chi connectivity index (χ1) is 5.96. The monoisotopic (exact) mass is 181 g/mol. The Balaban J connectivity index is 2.00. The van der Waals surface area contributed by atoms with Gasteiger partial charge in [0.2, 0.25) is 5.91 Å². The molecule has 0 aromatic carbocycles. The quantitative estimate of drug-likeness (QED) is 0.658. The number of fused-ring (bicyclic) bond motifs is 2. The van der Waals surface area contributed by atoms with E-state index in [9.17, 15) is 4.79 Å². The summed E-state index contributed by atoms with van der Waals surface area (Å²) in [5.74, 6) is 1.30. The molecule has 3 rings (SSSR count). The summed E-state index contributed by atoms with van der Waals surface area (Å²) in [6.07, 6.45) is 3.50. The van der Waals surface area contributed by atoms with E-state index in [-0.39, 0.29) is 5.41 Å². The summed E-state index contributed by atoms with van der Waals surface area (Å²) in [5, 5.41) is 3.08. The molecular formula is C11H19NO. The molecule has 74 valence electrons.